The molecule has 20 heavy (non-hydrogen) atoms. The van der Waals surface area contributed by atoms with Crippen LogP contribution in [-0.4, -0.2) is 35.0 Å². The normalized spacial score (nSPS) is 39.2. The van der Waals surface area contributed by atoms with E-state index in [2.05, 4.69) is 13.0 Å². The van der Waals surface area contributed by atoms with Gasteiger partial charge in [0.15, 0.2) is 0 Å². The first-order valence-electron chi connectivity index (χ1n) is 7.81. The van der Waals surface area contributed by atoms with Crippen molar-refractivity contribution in [3.05, 3.63) is 12.2 Å². The Labute approximate surface area is 119 Å². The van der Waals surface area contributed by atoms with Crippen molar-refractivity contribution in [2.45, 2.75) is 32.6 Å². The SMILES string of the molecule is CCC1CCCN(C(=O)C2C3C=CC(C3)C2C(=O)O)C1. The van der Waals surface area contributed by atoms with Gasteiger partial charge in [-0.2, -0.15) is 0 Å². The van der Waals surface area contributed by atoms with E-state index in [-0.39, 0.29) is 23.7 Å². The molecule has 0 radical (unpaired) electrons. The van der Waals surface area contributed by atoms with Gasteiger partial charge in [-0.25, -0.2) is 0 Å². The number of aliphatic carboxylic acids is 1. The Balaban J connectivity index is 1.76. The molecule has 1 saturated carbocycles. The molecule has 110 valence electrons. The zero-order chi connectivity index (χ0) is 14.3. The molecule has 3 aliphatic rings. The third-order valence-electron chi connectivity index (χ3n) is 5.44. The summed E-state index contributed by atoms with van der Waals surface area (Å²) in [4.78, 5) is 26.2. The molecule has 4 heteroatoms. The Bertz CT molecular complexity index is 445. The Hall–Kier alpha value is -1.32. The molecule has 1 amide bonds. The lowest BCUT2D eigenvalue weighted by Crippen LogP contribution is -2.46. The molecule has 2 aliphatic carbocycles. The van der Waals surface area contributed by atoms with E-state index in [1.165, 1.54) is 6.42 Å². The number of piperidine rings is 1. The number of rotatable bonds is 3. The molecule has 5 unspecified atom stereocenters. The summed E-state index contributed by atoms with van der Waals surface area (Å²) in [7, 11) is 0. The van der Waals surface area contributed by atoms with Crippen LogP contribution in [-0.2, 0) is 9.59 Å². The number of carbonyl (C=O) groups excluding carboxylic acids is 1. The van der Waals surface area contributed by atoms with Crippen LogP contribution in [0, 0.1) is 29.6 Å². The van der Waals surface area contributed by atoms with Crippen molar-refractivity contribution in [2.75, 3.05) is 13.1 Å². The zero-order valence-electron chi connectivity index (χ0n) is 12.0. The molecule has 1 heterocycles. The van der Waals surface area contributed by atoms with Crippen LogP contribution in [0.2, 0.25) is 0 Å². The van der Waals surface area contributed by atoms with Gasteiger partial charge in [0.1, 0.15) is 0 Å². The van der Waals surface area contributed by atoms with Gasteiger partial charge in [0, 0.05) is 13.1 Å². The summed E-state index contributed by atoms with van der Waals surface area (Å²) < 4.78 is 0. The van der Waals surface area contributed by atoms with E-state index in [4.69, 9.17) is 0 Å². The molecule has 2 bridgehead atoms. The van der Waals surface area contributed by atoms with E-state index in [0.717, 1.165) is 32.4 Å². The quantitative estimate of drug-likeness (QED) is 0.804. The van der Waals surface area contributed by atoms with E-state index < -0.39 is 11.9 Å². The average molecular weight is 277 g/mol. The van der Waals surface area contributed by atoms with Crippen LogP contribution in [0.25, 0.3) is 0 Å². The van der Waals surface area contributed by atoms with Gasteiger partial charge >= 0.3 is 5.97 Å². The Kier molecular flexibility index (Phi) is 3.57. The lowest BCUT2D eigenvalue weighted by molar-refractivity contribution is -0.151. The first-order chi connectivity index (χ1) is 9.61. The number of amides is 1. The van der Waals surface area contributed by atoms with Crippen molar-refractivity contribution in [3.63, 3.8) is 0 Å². The maximum atomic E-state index is 12.8. The number of fused-ring (bicyclic) bond motifs is 2. The summed E-state index contributed by atoms with van der Waals surface area (Å²) in [5.74, 6) is -0.729. The molecule has 1 aliphatic heterocycles. The second-order valence-corrected chi connectivity index (χ2v) is 6.54. The maximum Gasteiger partial charge on any atom is 0.307 e. The number of hydrogen-bond acceptors (Lipinski definition) is 2. The van der Waals surface area contributed by atoms with Gasteiger partial charge in [0.25, 0.3) is 0 Å². The fourth-order valence-corrected chi connectivity index (χ4v) is 4.30. The number of carbonyl (C=O) groups is 2. The van der Waals surface area contributed by atoms with Crippen molar-refractivity contribution in [1.82, 2.24) is 4.90 Å². The number of allylic oxidation sites excluding steroid dienone is 2. The Morgan fingerprint density at radius 1 is 1.25 bits per heavy atom. The summed E-state index contributed by atoms with van der Waals surface area (Å²) >= 11 is 0. The van der Waals surface area contributed by atoms with Crippen molar-refractivity contribution in [3.8, 4) is 0 Å². The molecule has 1 saturated heterocycles. The molecular weight excluding hydrogens is 254 g/mol. The highest BCUT2D eigenvalue weighted by molar-refractivity contribution is 5.87. The van der Waals surface area contributed by atoms with Crippen molar-refractivity contribution in [1.29, 1.82) is 0 Å². The molecule has 3 rings (SSSR count). The van der Waals surface area contributed by atoms with E-state index in [0.29, 0.717) is 5.92 Å². The van der Waals surface area contributed by atoms with Crippen LogP contribution < -0.4 is 0 Å². The third kappa shape index (κ3) is 2.15. The Morgan fingerprint density at radius 2 is 1.95 bits per heavy atom. The van der Waals surface area contributed by atoms with Crippen molar-refractivity contribution < 1.29 is 14.7 Å². The minimum absolute atomic E-state index is 0.0678. The smallest absolute Gasteiger partial charge is 0.307 e. The van der Waals surface area contributed by atoms with Crippen LogP contribution in [0.3, 0.4) is 0 Å². The summed E-state index contributed by atoms with van der Waals surface area (Å²) in [6, 6.07) is 0. The van der Waals surface area contributed by atoms with Gasteiger partial charge in [0.05, 0.1) is 11.8 Å². The maximum absolute atomic E-state index is 12.8. The van der Waals surface area contributed by atoms with Crippen LogP contribution >= 0.6 is 0 Å². The second-order valence-electron chi connectivity index (χ2n) is 6.54. The molecule has 0 aromatic heterocycles. The molecule has 4 nitrogen and oxygen atoms in total. The highest BCUT2D eigenvalue weighted by Crippen LogP contribution is 2.49. The number of likely N-dealkylation sites (tertiary alicyclic amines) is 1. The average Bonchev–Trinajstić information content (AvgIpc) is 3.07. The summed E-state index contributed by atoms with van der Waals surface area (Å²) in [5, 5.41) is 9.45. The standard InChI is InChI=1S/C16H23NO3/c1-2-10-4-3-7-17(9-10)15(18)13-11-5-6-12(8-11)14(13)16(19)20/h5-6,10-14H,2-4,7-9H2,1H3,(H,19,20). The van der Waals surface area contributed by atoms with Gasteiger partial charge in [-0.05, 0) is 37.0 Å². The lowest BCUT2D eigenvalue weighted by Gasteiger charge is -2.36. The minimum Gasteiger partial charge on any atom is -0.481 e. The summed E-state index contributed by atoms with van der Waals surface area (Å²) in [6.45, 7) is 3.79. The number of carboxylic acids is 1. The largest absolute Gasteiger partial charge is 0.481 e. The lowest BCUT2D eigenvalue weighted by atomic mass is 9.81. The second kappa shape index (κ2) is 5.23. The number of carboxylic acid groups (broad SMARTS) is 1. The molecule has 1 N–H and O–H groups in total. The van der Waals surface area contributed by atoms with Crippen molar-refractivity contribution in [2.24, 2.45) is 29.6 Å². The van der Waals surface area contributed by atoms with Gasteiger partial charge < -0.3 is 10.0 Å². The monoisotopic (exact) mass is 277 g/mol. The fraction of sp³-hybridized carbons (Fsp3) is 0.750. The molecule has 5 atom stereocenters. The van der Waals surface area contributed by atoms with E-state index in [1.54, 1.807) is 0 Å². The molecule has 0 spiro atoms. The molecule has 0 aromatic rings. The Morgan fingerprint density at radius 3 is 2.60 bits per heavy atom. The minimum atomic E-state index is -0.802. The highest BCUT2D eigenvalue weighted by atomic mass is 16.4. The summed E-state index contributed by atoms with van der Waals surface area (Å²) in [6.07, 6.45) is 8.26. The van der Waals surface area contributed by atoms with Crippen LogP contribution in [0.4, 0.5) is 0 Å². The van der Waals surface area contributed by atoms with Gasteiger partial charge in [-0.3, -0.25) is 9.59 Å². The zero-order valence-corrected chi connectivity index (χ0v) is 12.0. The van der Waals surface area contributed by atoms with Gasteiger partial charge in [-0.1, -0.05) is 25.5 Å². The van der Waals surface area contributed by atoms with E-state index in [1.807, 2.05) is 11.0 Å². The predicted octanol–water partition coefficient (Wildman–Crippen LogP) is 2.16. The molecule has 2 fully saturated rings. The first-order valence-corrected chi connectivity index (χ1v) is 7.81. The van der Waals surface area contributed by atoms with Crippen LogP contribution in [0.1, 0.15) is 32.6 Å². The van der Waals surface area contributed by atoms with Crippen LogP contribution in [0.15, 0.2) is 12.2 Å². The molecular formula is C16H23NO3. The number of nitrogens with zero attached hydrogens (tertiary/aromatic N) is 1. The number of hydrogen-bond donors (Lipinski definition) is 1. The van der Waals surface area contributed by atoms with E-state index in [9.17, 15) is 14.7 Å². The topological polar surface area (TPSA) is 57.6 Å². The fourth-order valence-electron chi connectivity index (χ4n) is 4.30. The summed E-state index contributed by atoms with van der Waals surface area (Å²) in [5.41, 5.74) is 0. The predicted molar refractivity (Wildman–Crippen MR) is 74.9 cm³/mol. The van der Waals surface area contributed by atoms with Crippen LogP contribution in [0.5, 0.6) is 0 Å². The third-order valence-corrected chi connectivity index (χ3v) is 5.44. The van der Waals surface area contributed by atoms with Gasteiger partial charge in [-0.15, -0.1) is 0 Å². The molecule has 0 aromatic carbocycles. The van der Waals surface area contributed by atoms with Crippen molar-refractivity contribution >= 4 is 11.9 Å². The first kappa shape index (κ1) is 13.7. The van der Waals surface area contributed by atoms with E-state index >= 15 is 0 Å². The van der Waals surface area contributed by atoms with Gasteiger partial charge in [0.2, 0.25) is 5.91 Å². The highest BCUT2D eigenvalue weighted by Gasteiger charge is 2.52.